The second kappa shape index (κ2) is 6.58. The molecule has 0 bridgehead atoms. The monoisotopic (exact) mass is 351 g/mol. The lowest BCUT2D eigenvalue weighted by atomic mass is 9.82. The van der Waals surface area contributed by atoms with E-state index >= 15 is 0 Å². The van der Waals surface area contributed by atoms with Crippen molar-refractivity contribution in [2.75, 3.05) is 7.11 Å². The molecule has 2 rings (SSSR count). The van der Waals surface area contributed by atoms with Gasteiger partial charge in [-0.05, 0) is 54.3 Å². The fourth-order valence-corrected chi connectivity index (χ4v) is 2.77. The van der Waals surface area contributed by atoms with Gasteiger partial charge in [0.25, 0.3) is 0 Å². The van der Waals surface area contributed by atoms with Crippen LogP contribution in [-0.4, -0.2) is 7.11 Å². The third-order valence-electron chi connectivity index (χ3n) is 3.79. The van der Waals surface area contributed by atoms with Crippen LogP contribution in [-0.2, 0) is 12.0 Å². The molecule has 0 aromatic heterocycles. The molecule has 1 unspecified atom stereocenters. The van der Waals surface area contributed by atoms with E-state index in [9.17, 15) is 4.39 Å². The van der Waals surface area contributed by atoms with Gasteiger partial charge in [0, 0.05) is 10.0 Å². The highest BCUT2D eigenvalue weighted by molar-refractivity contribution is 9.10. The zero-order valence-corrected chi connectivity index (χ0v) is 13.8. The maximum atomic E-state index is 13.5. The van der Waals surface area contributed by atoms with E-state index in [1.165, 1.54) is 12.1 Å². The molecule has 1 atom stereocenters. The molecule has 2 aromatic carbocycles. The van der Waals surface area contributed by atoms with Crippen molar-refractivity contribution < 1.29 is 9.13 Å². The summed E-state index contributed by atoms with van der Waals surface area (Å²) in [5, 5.41) is 0. The fourth-order valence-electron chi connectivity index (χ4n) is 2.38. The molecule has 0 fully saturated rings. The Labute approximate surface area is 133 Å². The summed E-state index contributed by atoms with van der Waals surface area (Å²) in [6.45, 7) is 2.01. The number of ether oxygens (including phenoxy) is 1. The first kappa shape index (κ1) is 16.0. The molecule has 112 valence electrons. The van der Waals surface area contributed by atoms with E-state index in [1.807, 2.05) is 31.2 Å². The summed E-state index contributed by atoms with van der Waals surface area (Å²) in [5.41, 5.74) is 7.79. The molecule has 0 aliphatic carbocycles. The Kier molecular flexibility index (Phi) is 5.01. The average molecular weight is 352 g/mol. The topological polar surface area (TPSA) is 35.2 Å². The van der Waals surface area contributed by atoms with E-state index in [2.05, 4.69) is 15.9 Å². The molecule has 0 saturated heterocycles. The van der Waals surface area contributed by atoms with Crippen LogP contribution in [0.4, 0.5) is 4.39 Å². The van der Waals surface area contributed by atoms with Gasteiger partial charge in [0.2, 0.25) is 0 Å². The van der Waals surface area contributed by atoms with Gasteiger partial charge in [-0.1, -0.05) is 35.0 Å². The third-order valence-corrected chi connectivity index (χ3v) is 4.56. The first-order valence-corrected chi connectivity index (χ1v) is 7.65. The van der Waals surface area contributed by atoms with Gasteiger partial charge in [-0.3, -0.25) is 0 Å². The maximum Gasteiger partial charge on any atom is 0.123 e. The van der Waals surface area contributed by atoms with Crippen molar-refractivity contribution in [1.29, 1.82) is 0 Å². The molecule has 4 heteroatoms. The largest absolute Gasteiger partial charge is 0.497 e. The van der Waals surface area contributed by atoms with Crippen LogP contribution in [0.3, 0.4) is 0 Å². The van der Waals surface area contributed by atoms with Crippen LogP contribution in [0, 0.1) is 5.82 Å². The predicted molar refractivity (Wildman–Crippen MR) is 87.0 cm³/mol. The fraction of sp³-hybridized carbons (Fsp3) is 0.294. The van der Waals surface area contributed by atoms with Gasteiger partial charge in [0.05, 0.1) is 7.11 Å². The second-order valence-corrected chi connectivity index (χ2v) is 6.01. The normalized spacial score (nSPS) is 13.8. The molecule has 2 nitrogen and oxygen atoms in total. The summed E-state index contributed by atoms with van der Waals surface area (Å²) in [6.07, 6.45) is 1.31. The van der Waals surface area contributed by atoms with Crippen molar-refractivity contribution in [2.24, 2.45) is 5.73 Å². The van der Waals surface area contributed by atoms with Crippen LogP contribution in [0.5, 0.6) is 5.75 Å². The Morgan fingerprint density at radius 3 is 2.62 bits per heavy atom. The summed E-state index contributed by atoms with van der Waals surface area (Å²) in [7, 11) is 1.63. The highest BCUT2D eigenvalue weighted by Gasteiger charge is 2.27. The summed E-state index contributed by atoms with van der Waals surface area (Å²) in [4.78, 5) is 0. The molecule has 21 heavy (non-hydrogen) atoms. The number of methoxy groups -OCH3 is 1. The Morgan fingerprint density at radius 2 is 2.00 bits per heavy atom. The lowest BCUT2D eigenvalue weighted by molar-refractivity contribution is 0.407. The van der Waals surface area contributed by atoms with E-state index in [0.29, 0.717) is 12.8 Å². The van der Waals surface area contributed by atoms with Crippen LogP contribution in [0.2, 0.25) is 0 Å². The quantitative estimate of drug-likeness (QED) is 0.866. The molecule has 0 saturated carbocycles. The van der Waals surface area contributed by atoms with Crippen LogP contribution < -0.4 is 10.5 Å². The molecule has 0 heterocycles. The van der Waals surface area contributed by atoms with E-state index in [4.69, 9.17) is 10.5 Å². The number of nitrogens with two attached hydrogens (primary N) is 1. The van der Waals surface area contributed by atoms with Crippen LogP contribution >= 0.6 is 15.9 Å². The van der Waals surface area contributed by atoms with Gasteiger partial charge >= 0.3 is 0 Å². The summed E-state index contributed by atoms with van der Waals surface area (Å²) in [6, 6.07) is 12.3. The van der Waals surface area contributed by atoms with E-state index in [-0.39, 0.29) is 5.82 Å². The third kappa shape index (κ3) is 3.63. The number of benzene rings is 2. The standard InChI is InChI=1S/C17H19BrFNO/c1-3-17(20,13-5-4-6-14(19)10-13)11-12-9-15(21-2)7-8-16(12)18/h4-10H,3,11,20H2,1-2H3. The zero-order chi connectivity index (χ0) is 15.5. The van der Waals surface area contributed by atoms with Crippen molar-refractivity contribution in [3.8, 4) is 5.75 Å². The Bertz CT molecular complexity index is 632. The Balaban J connectivity index is 2.38. The minimum atomic E-state index is -0.614. The number of halogens is 2. The highest BCUT2D eigenvalue weighted by Crippen LogP contribution is 2.32. The summed E-state index contributed by atoms with van der Waals surface area (Å²) >= 11 is 3.54. The van der Waals surface area contributed by atoms with E-state index in [0.717, 1.165) is 21.3 Å². The SMILES string of the molecule is CCC(N)(Cc1cc(OC)ccc1Br)c1cccc(F)c1. The van der Waals surface area contributed by atoms with E-state index < -0.39 is 5.54 Å². The molecular weight excluding hydrogens is 333 g/mol. The van der Waals surface area contributed by atoms with Gasteiger partial charge < -0.3 is 10.5 Å². The van der Waals surface area contributed by atoms with Gasteiger partial charge in [0.1, 0.15) is 11.6 Å². The van der Waals surface area contributed by atoms with Crippen LogP contribution in [0.1, 0.15) is 24.5 Å². The lowest BCUT2D eigenvalue weighted by Crippen LogP contribution is -2.38. The van der Waals surface area contributed by atoms with Crippen LogP contribution in [0.15, 0.2) is 46.9 Å². The van der Waals surface area contributed by atoms with Crippen molar-refractivity contribution in [1.82, 2.24) is 0 Å². The molecule has 2 N–H and O–H groups in total. The van der Waals surface area contributed by atoms with Gasteiger partial charge in [0.15, 0.2) is 0 Å². The highest BCUT2D eigenvalue weighted by atomic mass is 79.9. The molecular formula is C17H19BrFNO. The minimum absolute atomic E-state index is 0.263. The van der Waals surface area contributed by atoms with Gasteiger partial charge in [-0.25, -0.2) is 4.39 Å². The summed E-state index contributed by atoms with van der Waals surface area (Å²) in [5.74, 6) is 0.520. The molecule has 0 aliphatic rings. The Hall–Kier alpha value is -1.39. The smallest absolute Gasteiger partial charge is 0.123 e. The summed E-state index contributed by atoms with van der Waals surface area (Å²) < 4.78 is 19.7. The van der Waals surface area contributed by atoms with Crippen molar-refractivity contribution in [3.05, 3.63) is 63.9 Å². The molecule has 0 aliphatic heterocycles. The minimum Gasteiger partial charge on any atom is -0.497 e. The van der Waals surface area contributed by atoms with Crippen molar-refractivity contribution in [3.63, 3.8) is 0 Å². The number of hydrogen-bond acceptors (Lipinski definition) is 2. The second-order valence-electron chi connectivity index (χ2n) is 5.15. The first-order valence-electron chi connectivity index (χ1n) is 6.86. The van der Waals surface area contributed by atoms with Gasteiger partial charge in [-0.15, -0.1) is 0 Å². The maximum absolute atomic E-state index is 13.5. The molecule has 0 amide bonds. The van der Waals surface area contributed by atoms with E-state index in [1.54, 1.807) is 13.2 Å². The van der Waals surface area contributed by atoms with Crippen molar-refractivity contribution >= 4 is 15.9 Å². The zero-order valence-electron chi connectivity index (χ0n) is 12.2. The first-order chi connectivity index (χ1) is 9.98. The van der Waals surface area contributed by atoms with Crippen LogP contribution in [0.25, 0.3) is 0 Å². The lowest BCUT2D eigenvalue weighted by Gasteiger charge is -2.29. The Morgan fingerprint density at radius 1 is 1.24 bits per heavy atom. The average Bonchev–Trinajstić information content (AvgIpc) is 2.49. The molecule has 2 aromatic rings. The number of rotatable bonds is 5. The predicted octanol–water partition coefficient (Wildman–Crippen LogP) is 4.40. The molecule has 0 radical (unpaired) electrons. The number of hydrogen-bond donors (Lipinski definition) is 1. The van der Waals surface area contributed by atoms with Gasteiger partial charge in [-0.2, -0.15) is 0 Å². The molecule has 0 spiro atoms. The van der Waals surface area contributed by atoms with Crippen molar-refractivity contribution in [2.45, 2.75) is 25.3 Å².